The number of halogens is 1. The molecule has 3 N–H and O–H groups in total. The van der Waals surface area contributed by atoms with Crippen LogP contribution in [0.15, 0.2) is 60.8 Å². The first-order valence-electron chi connectivity index (χ1n) is 10.00. The summed E-state index contributed by atoms with van der Waals surface area (Å²) in [5.74, 6) is -1.00. The molecular formula is C24H20FN3O4. The number of pyridine rings is 1. The number of alkyl carbamates (subject to hydrolysis) is 1. The van der Waals surface area contributed by atoms with Gasteiger partial charge in [0.05, 0.1) is 0 Å². The Morgan fingerprint density at radius 3 is 2.38 bits per heavy atom. The Kier molecular flexibility index (Phi) is 6.12. The third-order valence-corrected chi connectivity index (χ3v) is 5.47. The Morgan fingerprint density at radius 1 is 1.16 bits per heavy atom. The van der Waals surface area contributed by atoms with E-state index in [1.165, 1.54) is 0 Å². The van der Waals surface area contributed by atoms with Crippen LogP contribution in [-0.2, 0) is 4.74 Å². The zero-order chi connectivity index (χ0) is 22.7. The first-order chi connectivity index (χ1) is 15.5. The summed E-state index contributed by atoms with van der Waals surface area (Å²) < 4.78 is 19.1. The molecule has 0 fully saturated rings. The molecule has 7 nitrogen and oxygen atoms in total. The van der Waals surface area contributed by atoms with Crippen LogP contribution >= 0.6 is 0 Å². The van der Waals surface area contributed by atoms with Gasteiger partial charge in [0.25, 0.3) is 0 Å². The Morgan fingerprint density at radius 2 is 1.78 bits per heavy atom. The summed E-state index contributed by atoms with van der Waals surface area (Å²) in [7, 11) is 0. The molecule has 2 atom stereocenters. The molecule has 1 aliphatic rings. The summed E-state index contributed by atoms with van der Waals surface area (Å²) in [6, 6.07) is 18.4. The summed E-state index contributed by atoms with van der Waals surface area (Å²) in [5.41, 5.74) is 3.95. The van der Waals surface area contributed by atoms with Crippen LogP contribution in [0.4, 0.5) is 9.18 Å². The number of amides is 1. The van der Waals surface area contributed by atoms with Gasteiger partial charge in [-0.05, 0) is 28.3 Å². The lowest BCUT2D eigenvalue weighted by molar-refractivity contribution is 0.0182. The lowest BCUT2D eigenvalue weighted by atomic mass is 9.98. The van der Waals surface area contributed by atoms with Crippen LogP contribution < -0.4 is 5.32 Å². The number of rotatable bonds is 6. The summed E-state index contributed by atoms with van der Waals surface area (Å²) in [4.78, 5) is 15.8. The van der Waals surface area contributed by atoms with Crippen molar-refractivity contribution in [3.8, 4) is 17.2 Å². The van der Waals surface area contributed by atoms with Crippen molar-refractivity contribution in [2.24, 2.45) is 0 Å². The number of carbonyl (C=O) groups excluding carboxylic acids is 1. The average Bonchev–Trinajstić information content (AvgIpc) is 3.14. The normalized spacial score (nSPS) is 14.1. The van der Waals surface area contributed by atoms with Gasteiger partial charge in [0.15, 0.2) is 11.5 Å². The monoisotopic (exact) mass is 433 g/mol. The molecule has 1 amide bonds. The molecule has 1 heterocycles. The summed E-state index contributed by atoms with van der Waals surface area (Å²) in [6.07, 6.45) is -2.58. The average molecular weight is 433 g/mol. The van der Waals surface area contributed by atoms with Crippen molar-refractivity contribution >= 4 is 6.09 Å². The fraction of sp³-hybridized carbons (Fsp3) is 0.208. The van der Waals surface area contributed by atoms with Gasteiger partial charge in [-0.25, -0.2) is 14.2 Å². The van der Waals surface area contributed by atoms with Gasteiger partial charge < -0.3 is 20.3 Å². The van der Waals surface area contributed by atoms with E-state index in [4.69, 9.17) is 10.00 Å². The van der Waals surface area contributed by atoms with Gasteiger partial charge in [-0.15, -0.1) is 0 Å². The quantitative estimate of drug-likeness (QED) is 0.550. The molecule has 8 heteroatoms. The van der Waals surface area contributed by atoms with Crippen LogP contribution in [0.25, 0.3) is 11.1 Å². The molecule has 0 saturated heterocycles. The number of nitrogens with zero attached hydrogens (tertiary/aromatic N) is 2. The van der Waals surface area contributed by atoms with Crippen molar-refractivity contribution in [3.63, 3.8) is 0 Å². The smallest absolute Gasteiger partial charge is 0.407 e. The van der Waals surface area contributed by atoms with E-state index in [0.717, 1.165) is 34.5 Å². The van der Waals surface area contributed by atoms with E-state index in [1.54, 1.807) is 6.07 Å². The molecule has 0 aliphatic heterocycles. The molecule has 2 aromatic carbocycles. The van der Waals surface area contributed by atoms with Crippen LogP contribution in [0.2, 0.25) is 0 Å². The summed E-state index contributed by atoms with van der Waals surface area (Å²) in [5, 5.41) is 31.4. The number of nitriles is 1. The van der Waals surface area contributed by atoms with E-state index in [-0.39, 0.29) is 24.6 Å². The maximum Gasteiger partial charge on any atom is 0.407 e. The number of benzene rings is 2. The van der Waals surface area contributed by atoms with Crippen molar-refractivity contribution < 1.29 is 24.1 Å². The number of ether oxygens (including phenoxy) is 1. The predicted molar refractivity (Wildman–Crippen MR) is 113 cm³/mol. The van der Waals surface area contributed by atoms with Crippen LogP contribution in [0.5, 0.6) is 0 Å². The maximum atomic E-state index is 13.7. The molecule has 3 aromatic rings. The second-order valence-corrected chi connectivity index (χ2v) is 7.43. The molecule has 0 spiro atoms. The van der Waals surface area contributed by atoms with Crippen LogP contribution in [0.3, 0.4) is 0 Å². The molecule has 1 aromatic heterocycles. The Balaban J connectivity index is 1.34. The molecule has 2 unspecified atom stereocenters. The number of nitrogens with one attached hydrogen (secondary N) is 1. The van der Waals surface area contributed by atoms with Crippen LogP contribution in [-0.4, -0.2) is 40.5 Å². The number of fused-ring (bicyclic) bond motifs is 3. The highest BCUT2D eigenvalue weighted by molar-refractivity contribution is 5.79. The largest absolute Gasteiger partial charge is 0.449 e. The molecule has 162 valence electrons. The SMILES string of the molecule is N#Cc1ncc(C(O)C(O)CNC(=O)OCC2c3ccccc3-c3ccccc32)cc1F. The first-order valence-corrected chi connectivity index (χ1v) is 10.00. The minimum absolute atomic E-state index is 0.0108. The number of aliphatic hydroxyl groups excluding tert-OH is 2. The van der Waals surface area contributed by atoms with E-state index in [0.29, 0.717) is 0 Å². The number of aliphatic hydroxyl groups is 2. The third kappa shape index (κ3) is 4.17. The Bertz CT molecular complexity index is 1150. The zero-order valence-corrected chi connectivity index (χ0v) is 16.9. The second-order valence-electron chi connectivity index (χ2n) is 7.43. The van der Waals surface area contributed by atoms with Crippen LogP contribution in [0, 0.1) is 17.1 Å². The Labute approximate surface area is 183 Å². The number of hydrogen-bond acceptors (Lipinski definition) is 6. The van der Waals surface area contributed by atoms with E-state index in [2.05, 4.69) is 10.3 Å². The highest BCUT2D eigenvalue weighted by Crippen LogP contribution is 2.44. The molecule has 4 rings (SSSR count). The molecule has 0 saturated carbocycles. The lowest BCUT2D eigenvalue weighted by Gasteiger charge is -2.19. The van der Waals surface area contributed by atoms with Gasteiger partial charge in [0.1, 0.15) is 24.9 Å². The minimum Gasteiger partial charge on any atom is -0.449 e. The second kappa shape index (κ2) is 9.14. The number of aromatic nitrogens is 1. The molecule has 0 bridgehead atoms. The van der Waals surface area contributed by atoms with Gasteiger partial charge in [0.2, 0.25) is 0 Å². The van der Waals surface area contributed by atoms with E-state index < -0.39 is 29.8 Å². The van der Waals surface area contributed by atoms with Crippen molar-refractivity contribution in [1.29, 1.82) is 5.26 Å². The molecule has 32 heavy (non-hydrogen) atoms. The molecule has 0 radical (unpaired) electrons. The molecular weight excluding hydrogens is 413 g/mol. The van der Waals surface area contributed by atoms with Gasteiger partial charge in [-0.3, -0.25) is 0 Å². The van der Waals surface area contributed by atoms with E-state index in [9.17, 15) is 19.4 Å². The van der Waals surface area contributed by atoms with Crippen LogP contribution in [0.1, 0.15) is 34.4 Å². The van der Waals surface area contributed by atoms with Crippen molar-refractivity contribution in [3.05, 3.63) is 89.0 Å². The van der Waals surface area contributed by atoms with Crippen molar-refractivity contribution in [2.45, 2.75) is 18.1 Å². The zero-order valence-electron chi connectivity index (χ0n) is 16.9. The number of hydrogen-bond donors (Lipinski definition) is 3. The van der Waals surface area contributed by atoms with Gasteiger partial charge in [0, 0.05) is 24.2 Å². The minimum atomic E-state index is -1.50. The first kappa shape index (κ1) is 21.4. The van der Waals surface area contributed by atoms with Crippen molar-refractivity contribution in [1.82, 2.24) is 10.3 Å². The topological polar surface area (TPSA) is 115 Å². The molecule has 1 aliphatic carbocycles. The fourth-order valence-corrected chi connectivity index (χ4v) is 3.87. The van der Waals surface area contributed by atoms with Gasteiger partial charge >= 0.3 is 6.09 Å². The van der Waals surface area contributed by atoms with Gasteiger partial charge in [-0.2, -0.15) is 5.26 Å². The lowest BCUT2D eigenvalue weighted by Crippen LogP contribution is -2.36. The predicted octanol–water partition coefficient (Wildman–Crippen LogP) is 3.03. The number of carbonyl (C=O) groups is 1. The standard InChI is InChI=1S/C24H20FN3O4/c25-20-9-14(11-27-21(20)10-26)23(30)22(29)12-28-24(31)32-13-19-17-7-3-1-5-15(17)16-6-2-4-8-18(16)19/h1-9,11,19,22-23,29-30H,12-13H2,(H,28,31). The maximum absolute atomic E-state index is 13.7. The summed E-state index contributed by atoms with van der Waals surface area (Å²) in [6.45, 7) is -0.206. The van der Waals surface area contributed by atoms with Crippen molar-refractivity contribution in [2.75, 3.05) is 13.2 Å². The third-order valence-electron chi connectivity index (χ3n) is 5.47. The summed E-state index contributed by atoms with van der Waals surface area (Å²) >= 11 is 0. The highest BCUT2D eigenvalue weighted by atomic mass is 19.1. The van der Waals surface area contributed by atoms with E-state index in [1.807, 2.05) is 48.5 Å². The van der Waals surface area contributed by atoms with E-state index >= 15 is 0 Å². The van der Waals surface area contributed by atoms with Gasteiger partial charge in [-0.1, -0.05) is 48.5 Å². The Hall–Kier alpha value is -3.80. The highest BCUT2D eigenvalue weighted by Gasteiger charge is 2.29. The fourth-order valence-electron chi connectivity index (χ4n) is 3.87.